The highest BCUT2D eigenvalue weighted by atomic mass is 16.4. The number of carbonyl (C=O) groups is 5. The molecule has 2 heterocycles. The summed E-state index contributed by atoms with van der Waals surface area (Å²) in [5.41, 5.74) is 6.73. The van der Waals surface area contributed by atoms with Crippen molar-refractivity contribution in [1.82, 2.24) is 26.3 Å². The Morgan fingerprint density at radius 1 is 1.05 bits per heavy atom. The predicted molar refractivity (Wildman–Crippen MR) is 140 cm³/mol. The molecule has 4 unspecified atom stereocenters. The van der Waals surface area contributed by atoms with Crippen LogP contribution in [0.1, 0.15) is 45.1 Å². The number of nitrogens with one attached hydrogen (secondary N) is 5. The lowest BCUT2D eigenvalue weighted by molar-refractivity contribution is -0.142. The number of hydrogen-bond donors (Lipinski definition) is 7. The van der Waals surface area contributed by atoms with Gasteiger partial charge in [-0.1, -0.05) is 32.0 Å². The maximum Gasteiger partial charge on any atom is 0.326 e. The van der Waals surface area contributed by atoms with Crippen molar-refractivity contribution in [1.29, 1.82) is 0 Å². The van der Waals surface area contributed by atoms with Gasteiger partial charge < -0.3 is 37.1 Å². The van der Waals surface area contributed by atoms with Crippen LogP contribution in [-0.2, 0) is 30.4 Å². The second kappa shape index (κ2) is 13.0. The van der Waals surface area contributed by atoms with Crippen LogP contribution in [-0.4, -0.2) is 70.4 Å². The van der Waals surface area contributed by atoms with Gasteiger partial charge >= 0.3 is 5.97 Å². The van der Waals surface area contributed by atoms with Crippen LogP contribution < -0.4 is 27.0 Å². The Labute approximate surface area is 220 Å². The number of H-pyrrole nitrogens is 1. The second-order valence-electron chi connectivity index (χ2n) is 9.91. The van der Waals surface area contributed by atoms with Crippen LogP contribution in [0.5, 0.6) is 0 Å². The minimum Gasteiger partial charge on any atom is -0.480 e. The molecule has 0 aliphatic carbocycles. The van der Waals surface area contributed by atoms with E-state index in [1.807, 2.05) is 24.3 Å². The molecule has 12 heteroatoms. The average molecular weight is 529 g/mol. The number of aliphatic carboxylic acids is 1. The van der Waals surface area contributed by atoms with Crippen molar-refractivity contribution in [3.63, 3.8) is 0 Å². The van der Waals surface area contributed by atoms with Crippen molar-refractivity contribution in [3.8, 4) is 0 Å². The number of aromatic amines is 1. The maximum absolute atomic E-state index is 13.4. The molecule has 8 N–H and O–H groups in total. The van der Waals surface area contributed by atoms with Gasteiger partial charge in [0.05, 0.1) is 6.04 Å². The van der Waals surface area contributed by atoms with Crippen LogP contribution in [0, 0.1) is 5.92 Å². The van der Waals surface area contributed by atoms with Gasteiger partial charge in [-0.25, -0.2) is 4.79 Å². The van der Waals surface area contributed by atoms with Crippen LogP contribution >= 0.6 is 0 Å². The minimum absolute atomic E-state index is 0.0622. The van der Waals surface area contributed by atoms with E-state index >= 15 is 0 Å². The topological polar surface area (TPSA) is 196 Å². The van der Waals surface area contributed by atoms with Crippen molar-refractivity contribution >= 4 is 40.5 Å². The number of rotatable bonds is 13. The molecule has 0 bridgehead atoms. The lowest BCUT2D eigenvalue weighted by atomic mass is 10.00. The predicted octanol–water partition coefficient (Wildman–Crippen LogP) is -0.0771. The van der Waals surface area contributed by atoms with Crippen LogP contribution in [0.2, 0.25) is 0 Å². The molecule has 0 spiro atoms. The highest BCUT2D eigenvalue weighted by molar-refractivity contribution is 5.95. The van der Waals surface area contributed by atoms with Crippen molar-refractivity contribution in [2.75, 3.05) is 6.54 Å². The third-order valence-electron chi connectivity index (χ3n) is 6.65. The van der Waals surface area contributed by atoms with Crippen molar-refractivity contribution in [3.05, 3.63) is 36.0 Å². The first-order valence-corrected chi connectivity index (χ1v) is 12.8. The van der Waals surface area contributed by atoms with Gasteiger partial charge in [0.1, 0.15) is 18.1 Å². The molecule has 3 rings (SSSR count). The summed E-state index contributed by atoms with van der Waals surface area (Å²) in [5.74, 6) is -3.87. The average Bonchev–Trinajstić information content (AvgIpc) is 3.54. The maximum atomic E-state index is 13.4. The van der Waals surface area contributed by atoms with Crippen molar-refractivity contribution in [2.24, 2.45) is 11.7 Å². The van der Waals surface area contributed by atoms with E-state index in [-0.39, 0.29) is 37.1 Å². The summed E-state index contributed by atoms with van der Waals surface area (Å²) in [7, 11) is 0. The number of benzene rings is 1. The molecule has 1 fully saturated rings. The number of nitrogens with two attached hydrogens (primary N) is 1. The molecular weight excluding hydrogens is 492 g/mol. The lowest BCUT2D eigenvalue weighted by Crippen LogP contribution is -2.58. The smallest absolute Gasteiger partial charge is 0.326 e. The standard InChI is InChI=1S/C26H36N6O6/c1-14(2)22(32-23(34)18-8-5-11-28-18)25(36)31-20(12-15-13-29-17-7-4-3-6-16(15)17)24(35)30-19(26(37)38)9-10-21(27)33/h3-4,6-7,13-14,18-20,22,28-29H,5,8-12H2,1-2H3,(H2,27,33)(H,30,35)(H,31,36)(H,32,34)(H,37,38). The van der Waals surface area contributed by atoms with E-state index in [2.05, 4.69) is 26.3 Å². The molecule has 1 aliphatic rings. The summed E-state index contributed by atoms with van der Waals surface area (Å²) in [4.78, 5) is 65.4. The molecule has 1 aromatic heterocycles. The third kappa shape index (κ3) is 7.54. The first-order valence-electron chi connectivity index (χ1n) is 12.8. The third-order valence-corrected chi connectivity index (χ3v) is 6.65. The summed E-state index contributed by atoms with van der Waals surface area (Å²) in [5, 5.41) is 21.4. The molecule has 2 aromatic rings. The number of primary amides is 1. The fourth-order valence-electron chi connectivity index (χ4n) is 4.50. The summed E-state index contributed by atoms with van der Waals surface area (Å²) in [6.45, 7) is 4.29. The fourth-order valence-corrected chi connectivity index (χ4v) is 4.50. The molecule has 12 nitrogen and oxygen atoms in total. The zero-order valence-corrected chi connectivity index (χ0v) is 21.6. The zero-order valence-electron chi connectivity index (χ0n) is 21.6. The van der Waals surface area contributed by atoms with E-state index in [1.54, 1.807) is 20.0 Å². The normalized spacial score (nSPS) is 17.5. The van der Waals surface area contributed by atoms with Crippen LogP contribution in [0.3, 0.4) is 0 Å². The number of carbonyl (C=O) groups excluding carboxylic acids is 4. The Kier molecular flexibility index (Phi) is 9.83. The largest absolute Gasteiger partial charge is 0.480 e. The second-order valence-corrected chi connectivity index (χ2v) is 9.91. The highest BCUT2D eigenvalue weighted by Gasteiger charge is 2.33. The molecule has 4 amide bonds. The van der Waals surface area contributed by atoms with Gasteiger partial charge in [-0.05, 0) is 43.4 Å². The number of aromatic nitrogens is 1. The fraction of sp³-hybridized carbons (Fsp3) is 0.500. The highest BCUT2D eigenvalue weighted by Crippen LogP contribution is 2.19. The monoisotopic (exact) mass is 528 g/mol. The van der Waals surface area contributed by atoms with Crippen molar-refractivity contribution in [2.45, 2.75) is 70.1 Å². The Morgan fingerprint density at radius 2 is 1.76 bits per heavy atom. The van der Waals surface area contributed by atoms with Crippen LogP contribution in [0.25, 0.3) is 10.9 Å². The Bertz CT molecular complexity index is 1170. The van der Waals surface area contributed by atoms with E-state index in [1.165, 1.54) is 0 Å². The van der Waals surface area contributed by atoms with E-state index in [4.69, 9.17) is 5.73 Å². The molecular formula is C26H36N6O6. The molecule has 1 saturated heterocycles. The molecule has 38 heavy (non-hydrogen) atoms. The van der Waals surface area contributed by atoms with Crippen molar-refractivity contribution < 1.29 is 29.1 Å². The van der Waals surface area contributed by atoms with Crippen LogP contribution in [0.4, 0.5) is 0 Å². The van der Waals surface area contributed by atoms with E-state index in [0.717, 1.165) is 29.4 Å². The molecule has 0 radical (unpaired) electrons. The van der Waals surface area contributed by atoms with E-state index in [0.29, 0.717) is 6.42 Å². The van der Waals surface area contributed by atoms with E-state index in [9.17, 15) is 29.1 Å². The van der Waals surface area contributed by atoms with Gasteiger partial charge in [-0.15, -0.1) is 0 Å². The van der Waals surface area contributed by atoms with Gasteiger partial charge in [0, 0.05) is 29.9 Å². The summed E-state index contributed by atoms with van der Waals surface area (Å²) in [6, 6.07) is 3.64. The number of amides is 4. The quantitative estimate of drug-likeness (QED) is 0.189. The number of carboxylic acids is 1. The summed E-state index contributed by atoms with van der Waals surface area (Å²) >= 11 is 0. The first kappa shape index (κ1) is 28.6. The van der Waals surface area contributed by atoms with Gasteiger partial charge in [0.15, 0.2) is 0 Å². The number of carboxylic acid groups (broad SMARTS) is 1. The van der Waals surface area contributed by atoms with Crippen LogP contribution in [0.15, 0.2) is 30.5 Å². The van der Waals surface area contributed by atoms with Gasteiger partial charge in [0.25, 0.3) is 0 Å². The van der Waals surface area contributed by atoms with Gasteiger partial charge in [-0.3, -0.25) is 19.2 Å². The number of para-hydroxylation sites is 1. The Hall–Kier alpha value is -3.93. The molecule has 1 aromatic carbocycles. The van der Waals surface area contributed by atoms with E-state index < -0.39 is 41.8 Å². The number of fused-ring (bicyclic) bond motifs is 1. The minimum atomic E-state index is -1.37. The Balaban J connectivity index is 1.81. The molecule has 206 valence electrons. The molecule has 4 atom stereocenters. The summed E-state index contributed by atoms with van der Waals surface area (Å²) < 4.78 is 0. The SMILES string of the molecule is CC(C)C(NC(=O)C1CCCN1)C(=O)NC(Cc1c[nH]c2ccccc12)C(=O)NC(CCC(N)=O)C(=O)O. The first-order chi connectivity index (χ1) is 18.1. The van der Waals surface area contributed by atoms with Gasteiger partial charge in [0.2, 0.25) is 23.6 Å². The summed E-state index contributed by atoms with van der Waals surface area (Å²) in [6.07, 6.45) is 2.91. The lowest BCUT2D eigenvalue weighted by Gasteiger charge is -2.27. The van der Waals surface area contributed by atoms with Gasteiger partial charge in [-0.2, -0.15) is 0 Å². The number of hydrogen-bond acceptors (Lipinski definition) is 6. The molecule has 1 aliphatic heterocycles. The Morgan fingerprint density at radius 3 is 2.39 bits per heavy atom. The zero-order chi connectivity index (χ0) is 27.8. The molecule has 0 saturated carbocycles.